The average Bonchev–Trinajstić information content (AvgIpc) is 3.43. The third-order valence-corrected chi connectivity index (χ3v) is 8.11. The van der Waals surface area contributed by atoms with Crippen LogP contribution < -0.4 is 10.2 Å². The summed E-state index contributed by atoms with van der Waals surface area (Å²) in [5.41, 5.74) is 2.58. The molecule has 39 heavy (non-hydrogen) atoms. The van der Waals surface area contributed by atoms with Gasteiger partial charge in [-0.2, -0.15) is 0 Å². The molecule has 3 aliphatic rings. The van der Waals surface area contributed by atoms with Gasteiger partial charge in [0.05, 0.1) is 29.5 Å². The van der Waals surface area contributed by atoms with Crippen LogP contribution in [0.25, 0.3) is 0 Å². The third kappa shape index (κ3) is 5.43. The Hall–Kier alpha value is -4.02. The highest BCUT2D eigenvalue weighted by atomic mass is 16.4. The number of carbonyl (C=O) groups is 4. The summed E-state index contributed by atoms with van der Waals surface area (Å²) in [6.45, 7) is 5.44. The number of carbonyl (C=O) groups excluding carboxylic acids is 3. The summed E-state index contributed by atoms with van der Waals surface area (Å²) < 4.78 is 0. The summed E-state index contributed by atoms with van der Waals surface area (Å²) in [6, 6.07) is 7.26. The molecule has 0 spiro atoms. The van der Waals surface area contributed by atoms with Crippen LogP contribution in [0.15, 0.2) is 30.5 Å². The molecule has 11 nitrogen and oxygen atoms in total. The SMILES string of the molecule is CC(=O)N1C(=O)C(C2CCCC2)c2nc(Nc3ccc(N4CCN(C(=O)CC(=O)O)CC4)cn3)ccc2C1C. The Balaban J connectivity index is 1.29. The number of aliphatic carboxylic acids is 1. The lowest BCUT2D eigenvalue weighted by Gasteiger charge is -2.39. The predicted molar refractivity (Wildman–Crippen MR) is 143 cm³/mol. The number of imide groups is 1. The molecule has 0 aromatic carbocycles. The zero-order valence-electron chi connectivity index (χ0n) is 22.3. The Morgan fingerprint density at radius 2 is 1.72 bits per heavy atom. The van der Waals surface area contributed by atoms with Gasteiger partial charge in [0.15, 0.2) is 0 Å². The highest BCUT2D eigenvalue weighted by molar-refractivity contribution is 5.99. The summed E-state index contributed by atoms with van der Waals surface area (Å²) in [6.07, 6.45) is 5.36. The number of nitrogens with one attached hydrogen (secondary N) is 1. The number of nitrogens with zero attached hydrogens (tertiary/aromatic N) is 5. The molecule has 2 aromatic rings. The van der Waals surface area contributed by atoms with Gasteiger partial charge in [0, 0.05) is 33.1 Å². The van der Waals surface area contributed by atoms with E-state index in [9.17, 15) is 19.2 Å². The van der Waals surface area contributed by atoms with Gasteiger partial charge in [-0.1, -0.05) is 18.9 Å². The van der Waals surface area contributed by atoms with E-state index in [4.69, 9.17) is 10.1 Å². The summed E-state index contributed by atoms with van der Waals surface area (Å²) in [7, 11) is 0. The number of anilines is 3. The van der Waals surface area contributed by atoms with Gasteiger partial charge in [0.2, 0.25) is 17.7 Å². The zero-order valence-corrected chi connectivity index (χ0v) is 22.3. The van der Waals surface area contributed by atoms with Crippen molar-refractivity contribution in [3.05, 3.63) is 41.7 Å². The molecule has 2 atom stereocenters. The van der Waals surface area contributed by atoms with Crippen molar-refractivity contribution in [2.45, 2.75) is 57.9 Å². The minimum absolute atomic E-state index is 0.147. The number of piperazine rings is 1. The normalized spacial score (nSPS) is 21.6. The van der Waals surface area contributed by atoms with E-state index >= 15 is 0 Å². The van der Waals surface area contributed by atoms with Crippen LogP contribution in [0.2, 0.25) is 0 Å². The van der Waals surface area contributed by atoms with Gasteiger partial charge in [-0.05, 0) is 49.4 Å². The fourth-order valence-corrected chi connectivity index (χ4v) is 6.13. The lowest BCUT2D eigenvalue weighted by Crippen LogP contribution is -2.49. The van der Waals surface area contributed by atoms with Crippen molar-refractivity contribution >= 4 is 41.0 Å². The molecule has 0 radical (unpaired) electrons. The van der Waals surface area contributed by atoms with E-state index in [0.29, 0.717) is 37.8 Å². The van der Waals surface area contributed by atoms with E-state index in [2.05, 4.69) is 15.2 Å². The van der Waals surface area contributed by atoms with E-state index in [-0.39, 0.29) is 29.7 Å². The second kappa shape index (κ2) is 11.0. The minimum atomic E-state index is -1.11. The van der Waals surface area contributed by atoms with Crippen LogP contribution in [0.3, 0.4) is 0 Å². The predicted octanol–water partition coefficient (Wildman–Crippen LogP) is 3.07. The molecule has 0 bridgehead atoms. The standard InChI is InChI=1S/C28H34N6O5/c1-17-21-8-10-23(31-27(21)26(19-5-3-4-6-19)28(39)34(17)18(2)35)30-22-9-7-20(16-29-22)32-11-13-33(14-12-32)24(36)15-25(37)38/h7-10,16-17,19,26H,3-6,11-15H2,1-2H3,(H,37,38)(H,29,30,31). The maximum absolute atomic E-state index is 13.5. The molecule has 2 unspecified atom stereocenters. The first-order valence-electron chi connectivity index (χ1n) is 13.5. The largest absolute Gasteiger partial charge is 0.481 e. The average molecular weight is 535 g/mol. The summed E-state index contributed by atoms with van der Waals surface area (Å²) in [5.74, 6) is -0.884. The number of rotatable bonds is 6. The van der Waals surface area contributed by atoms with Gasteiger partial charge in [0.1, 0.15) is 18.1 Å². The number of pyridine rings is 2. The number of hydrogen-bond donors (Lipinski definition) is 2. The van der Waals surface area contributed by atoms with Crippen molar-refractivity contribution in [1.29, 1.82) is 0 Å². The molecule has 1 saturated heterocycles. The van der Waals surface area contributed by atoms with Crippen molar-refractivity contribution in [1.82, 2.24) is 19.8 Å². The zero-order chi connectivity index (χ0) is 27.7. The first-order valence-corrected chi connectivity index (χ1v) is 13.5. The molecular formula is C28H34N6O5. The Morgan fingerprint density at radius 3 is 2.33 bits per heavy atom. The fraction of sp³-hybridized carbons (Fsp3) is 0.500. The lowest BCUT2D eigenvalue weighted by atomic mass is 9.80. The molecule has 2 N–H and O–H groups in total. The Morgan fingerprint density at radius 1 is 1.03 bits per heavy atom. The van der Waals surface area contributed by atoms with Crippen molar-refractivity contribution in [2.75, 3.05) is 36.4 Å². The van der Waals surface area contributed by atoms with Crippen LogP contribution in [0, 0.1) is 5.92 Å². The van der Waals surface area contributed by atoms with Crippen LogP contribution in [0.4, 0.5) is 17.3 Å². The fourth-order valence-electron chi connectivity index (χ4n) is 6.13. The van der Waals surface area contributed by atoms with Crippen molar-refractivity contribution in [2.24, 2.45) is 5.92 Å². The van der Waals surface area contributed by atoms with E-state index in [1.807, 2.05) is 31.2 Å². The summed E-state index contributed by atoms with van der Waals surface area (Å²) in [4.78, 5) is 63.1. The van der Waals surface area contributed by atoms with Gasteiger partial charge in [-0.25, -0.2) is 9.97 Å². The molecule has 2 aromatic heterocycles. The number of carboxylic acid groups (broad SMARTS) is 1. The Bertz CT molecular complexity index is 1270. The molecule has 2 fully saturated rings. The molecule has 11 heteroatoms. The van der Waals surface area contributed by atoms with Crippen LogP contribution in [0.1, 0.15) is 69.2 Å². The van der Waals surface area contributed by atoms with Crippen LogP contribution in [-0.2, 0) is 19.2 Å². The van der Waals surface area contributed by atoms with Crippen LogP contribution in [-0.4, -0.2) is 74.7 Å². The topological polar surface area (TPSA) is 136 Å². The van der Waals surface area contributed by atoms with Gasteiger partial charge >= 0.3 is 5.97 Å². The van der Waals surface area contributed by atoms with Crippen LogP contribution in [0.5, 0.6) is 0 Å². The first kappa shape index (κ1) is 26.6. The van der Waals surface area contributed by atoms with Crippen molar-refractivity contribution < 1.29 is 24.3 Å². The van der Waals surface area contributed by atoms with Crippen LogP contribution >= 0.6 is 0 Å². The smallest absolute Gasteiger partial charge is 0.312 e. The number of aromatic nitrogens is 2. The number of amides is 3. The van der Waals surface area contributed by atoms with E-state index in [1.54, 1.807) is 11.1 Å². The summed E-state index contributed by atoms with van der Waals surface area (Å²) in [5, 5.41) is 12.1. The molecular weight excluding hydrogens is 500 g/mol. The molecule has 1 saturated carbocycles. The second-order valence-electron chi connectivity index (χ2n) is 10.6. The Labute approximate surface area is 227 Å². The van der Waals surface area contributed by atoms with Gasteiger partial charge in [-0.3, -0.25) is 24.1 Å². The second-order valence-corrected chi connectivity index (χ2v) is 10.6. The highest BCUT2D eigenvalue weighted by Crippen LogP contribution is 2.45. The van der Waals surface area contributed by atoms with Gasteiger partial charge in [-0.15, -0.1) is 0 Å². The van der Waals surface area contributed by atoms with Crippen molar-refractivity contribution in [3.8, 4) is 0 Å². The van der Waals surface area contributed by atoms with E-state index in [0.717, 1.165) is 42.6 Å². The third-order valence-electron chi connectivity index (χ3n) is 8.11. The van der Waals surface area contributed by atoms with Gasteiger partial charge in [0.25, 0.3) is 0 Å². The maximum atomic E-state index is 13.5. The number of fused-ring (bicyclic) bond motifs is 1. The molecule has 3 amide bonds. The quantitative estimate of drug-likeness (QED) is 0.536. The molecule has 5 rings (SSSR count). The number of carboxylic acids is 1. The van der Waals surface area contributed by atoms with Gasteiger partial charge < -0.3 is 20.2 Å². The van der Waals surface area contributed by atoms with E-state index < -0.39 is 18.3 Å². The number of hydrogen-bond acceptors (Lipinski definition) is 8. The molecule has 4 heterocycles. The monoisotopic (exact) mass is 534 g/mol. The molecule has 2 aliphatic heterocycles. The first-order chi connectivity index (χ1) is 18.7. The highest BCUT2D eigenvalue weighted by Gasteiger charge is 2.44. The Kier molecular flexibility index (Phi) is 7.49. The minimum Gasteiger partial charge on any atom is -0.481 e. The molecule has 1 aliphatic carbocycles. The molecule has 206 valence electrons. The maximum Gasteiger partial charge on any atom is 0.312 e. The summed E-state index contributed by atoms with van der Waals surface area (Å²) >= 11 is 0. The van der Waals surface area contributed by atoms with Crippen molar-refractivity contribution in [3.63, 3.8) is 0 Å². The lowest BCUT2D eigenvalue weighted by molar-refractivity contribution is -0.149. The van der Waals surface area contributed by atoms with E-state index in [1.165, 1.54) is 11.8 Å².